The lowest BCUT2D eigenvalue weighted by molar-refractivity contribution is -0.0139. The molecule has 0 amide bonds. The fourth-order valence-corrected chi connectivity index (χ4v) is 4.89. The van der Waals surface area contributed by atoms with Crippen LogP contribution >= 0.6 is 28.0 Å². The van der Waals surface area contributed by atoms with E-state index in [0.717, 1.165) is 7.11 Å². The molecule has 0 bridgehead atoms. The summed E-state index contributed by atoms with van der Waals surface area (Å²) in [5.41, 5.74) is -0.800. The number of hydrogen-bond acceptors (Lipinski definition) is 7. The molecule has 0 saturated heterocycles. The number of methoxy groups -OCH3 is 1. The Morgan fingerprint density at radius 3 is 2.39 bits per heavy atom. The fraction of sp³-hybridized carbons (Fsp3) is 1.00. The highest BCUT2D eigenvalue weighted by Crippen LogP contribution is 2.53. The molecule has 12 heteroatoms. The van der Waals surface area contributed by atoms with Crippen LogP contribution in [0.5, 0.6) is 0 Å². The van der Waals surface area contributed by atoms with E-state index in [2.05, 4.69) is 17.2 Å². The van der Waals surface area contributed by atoms with E-state index in [1.165, 1.54) is 14.0 Å². The molecule has 134 valence electrons. The molecule has 1 saturated carbocycles. The standard InChI is InChI=1S/C11H23BO8P2S/c1-7(23)19-22(15,16)20-10-8(4-5-21(13,14)18-3)6-9(12)11(10)17-2/h7-11,23H,4-6H2,1-3H3,(H,13,14)(H,15,16)/t7-,8-,9-,10+,11-/m0/s1. The lowest BCUT2D eigenvalue weighted by Gasteiger charge is -2.27. The Bertz CT molecular complexity index is 479. The van der Waals surface area contributed by atoms with Crippen LogP contribution in [0.4, 0.5) is 0 Å². The maximum atomic E-state index is 12.0. The van der Waals surface area contributed by atoms with E-state index in [-0.39, 0.29) is 18.5 Å². The molecule has 1 rings (SSSR count). The zero-order valence-electron chi connectivity index (χ0n) is 13.3. The van der Waals surface area contributed by atoms with E-state index in [4.69, 9.17) is 21.6 Å². The summed E-state index contributed by atoms with van der Waals surface area (Å²) < 4.78 is 43.4. The molecule has 8 nitrogen and oxygen atoms in total. The smallest absolute Gasteiger partial charge is 0.379 e. The molecule has 7 atom stereocenters. The van der Waals surface area contributed by atoms with Crippen LogP contribution in [0.2, 0.25) is 5.82 Å². The van der Waals surface area contributed by atoms with Crippen molar-refractivity contribution in [2.45, 2.75) is 43.2 Å². The molecule has 0 heterocycles. The first kappa shape index (κ1) is 21.7. The highest BCUT2D eigenvalue weighted by molar-refractivity contribution is 7.81. The Balaban J connectivity index is 2.83. The Labute approximate surface area is 143 Å². The molecule has 1 aliphatic rings. The summed E-state index contributed by atoms with van der Waals surface area (Å²) in [5.74, 6) is -0.770. The van der Waals surface area contributed by atoms with Gasteiger partial charge in [0, 0.05) is 14.2 Å². The molecule has 0 aliphatic heterocycles. The van der Waals surface area contributed by atoms with Crippen LogP contribution in [0, 0.1) is 5.92 Å². The van der Waals surface area contributed by atoms with Crippen LogP contribution in [0.15, 0.2) is 0 Å². The van der Waals surface area contributed by atoms with Crippen LogP contribution in [0.1, 0.15) is 19.8 Å². The molecule has 2 radical (unpaired) electrons. The summed E-state index contributed by atoms with van der Waals surface area (Å²) in [6, 6.07) is 0. The Hall–Kier alpha value is 0.635. The number of thiol groups is 1. The third kappa shape index (κ3) is 6.80. The normalized spacial score (nSPS) is 34.7. The van der Waals surface area contributed by atoms with Crippen molar-refractivity contribution in [3.05, 3.63) is 0 Å². The van der Waals surface area contributed by atoms with E-state index in [9.17, 15) is 18.9 Å². The first-order valence-electron chi connectivity index (χ1n) is 7.05. The molecule has 23 heavy (non-hydrogen) atoms. The summed E-state index contributed by atoms with van der Waals surface area (Å²) in [6.45, 7) is 1.47. The van der Waals surface area contributed by atoms with Crippen molar-refractivity contribution in [3.63, 3.8) is 0 Å². The minimum atomic E-state index is -4.36. The van der Waals surface area contributed by atoms with Gasteiger partial charge in [0.15, 0.2) is 0 Å². The van der Waals surface area contributed by atoms with Crippen molar-refractivity contribution < 1.29 is 37.2 Å². The van der Waals surface area contributed by atoms with E-state index in [0.29, 0.717) is 6.42 Å². The number of ether oxygens (including phenoxy) is 1. The van der Waals surface area contributed by atoms with Crippen molar-refractivity contribution in [2.75, 3.05) is 20.4 Å². The third-order valence-corrected chi connectivity index (χ3v) is 6.42. The molecule has 0 aromatic carbocycles. The molecule has 2 unspecified atom stereocenters. The molecule has 0 aromatic rings. The highest BCUT2D eigenvalue weighted by atomic mass is 32.1. The molecule has 1 aliphatic carbocycles. The maximum Gasteiger partial charge on any atom is 0.473 e. The zero-order chi connectivity index (χ0) is 17.8. The van der Waals surface area contributed by atoms with Crippen LogP contribution in [-0.4, -0.2) is 55.7 Å². The van der Waals surface area contributed by atoms with E-state index in [1.54, 1.807) is 0 Å². The molecular formula is C11H23BO8P2S. The van der Waals surface area contributed by atoms with Crippen molar-refractivity contribution in [1.82, 2.24) is 0 Å². The average Bonchev–Trinajstić information content (AvgIpc) is 2.70. The molecule has 1 fully saturated rings. The first-order chi connectivity index (χ1) is 10.5. The summed E-state index contributed by atoms with van der Waals surface area (Å²) in [4.78, 5) is 19.3. The second-order valence-corrected chi connectivity index (χ2v) is 9.61. The lowest BCUT2D eigenvalue weighted by atomic mass is 9.83. The first-order valence-corrected chi connectivity index (χ1v) is 10.8. The predicted octanol–water partition coefficient (Wildman–Crippen LogP) is 1.98. The third-order valence-electron chi connectivity index (χ3n) is 3.67. The van der Waals surface area contributed by atoms with Gasteiger partial charge in [0.25, 0.3) is 0 Å². The van der Waals surface area contributed by atoms with Gasteiger partial charge in [-0.15, -0.1) is 12.6 Å². The maximum absolute atomic E-state index is 12.0. The predicted molar refractivity (Wildman–Crippen MR) is 89.0 cm³/mol. The number of hydrogen-bond donors (Lipinski definition) is 3. The molecule has 2 N–H and O–H groups in total. The largest absolute Gasteiger partial charge is 0.473 e. The zero-order valence-corrected chi connectivity index (χ0v) is 16.0. The summed E-state index contributed by atoms with van der Waals surface area (Å²) in [5, 5.41) is 0. The number of rotatable bonds is 9. The minimum absolute atomic E-state index is 0.114. The van der Waals surface area contributed by atoms with E-state index in [1.807, 2.05) is 0 Å². The minimum Gasteiger partial charge on any atom is -0.379 e. The lowest BCUT2D eigenvalue weighted by Crippen LogP contribution is -2.32. The van der Waals surface area contributed by atoms with Crippen LogP contribution in [0.3, 0.4) is 0 Å². The van der Waals surface area contributed by atoms with Gasteiger partial charge in [-0.25, -0.2) is 4.57 Å². The van der Waals surface area contributed by atoms with Crippen molar-refractivity contribution in [1.29, 1.82) is 0 Å². The number of phosphoric ester groups is 1. The summed E-state index contributed by atoms with van der Waals surface area (Å²) in [6.07, 6.45) is -0.925. The summed E-state index contributed by atoms with van der Waals surface area (Å²) in [7, 11) is 0.489. The van der Waals surface area contributed by atoms with Crippen LogP contribution < -0.4 is 0 Å². The number of phosphoric acid groups is 1. The van der Waals surface area contributed by atoms with Crippen molar-refractivity contribution >= 4 is 35.9 Å². The van der Waals surface area contributed by atoms with Gasteiger partial charge in [-0.3, -0.25) is 13.6 Å². The monoisotopic (exact) mass is 388 g/mol. The van der Waals surface area contributed by atoms with Crippen LogP contribution in [0.25, 0.3) is 0 Å². The van der Waals surface area contributed by atoms with Crippen molar-refractivity contribution in [3.8, 4) is 0 Å². The Morgan fingerprint density at radius 2 is 1.91 bits per heavy atom. The highest BCUT2D eigenvalue weighted by Gasteiger charge is 2.46. The topological polar surface area (TPSA) is 112 Å². The van der Waals surface area contributed by atoms with E-state index < -0.39 is 38.9 Å². The van der Waals surface area contributed by atoms with Crippen molar-refractivity contribution in [2.24, 2.45) is 5.92 Å². The Kier molecular flexibility index (Phi) is 8.32. The average molecular weight is 388 g/mol. The van der Waals surface area contributed by atoms with Gasteiger partial charge >= 0.3 is 15.4 Å². The van der Waals surface area contributed by atoms with Gasteiger partial charge in [0.1, 0.15) is 5.44 Å². The van der Waals surface area contributed by atoms with Gasteiger partial charge in [-0.2, -0.15) is 0 Å². The molecule has 0 spiro atoms. The summed E-state index contributed by atoms with van der Waals surface area (Å²) >= 11 is 3.89. The Morgan fingerprint density at radius 1 is 1.30 bits per heavy atom. The second kappa shape index (κ2) is 8.83. The molecular weight excluding hydrogens is 365 g/mol. The second-order valence-electron chi connectivity index (χ2n) is 5.44. The van der Waals surface area contributed by atoms with Gasteiger partial charge in [0.05, 0.1) is 26.2 Å². The van der Waals surface area contributed by atoms with Gasteiger partial charge in [-0.1, -0.05) is 6.42 Å². The quantitative estimate of drug-likeness (QED) is 0.238. The fourth-order valence-electron chi connectivity index (χ4n) is 2.66. The van der Waals surface area contributed by atoms with E-state index >= 15 is 0 Å². The SMILES string of the molecule is [B][C@H]1C[C@H](CCP(=O)(O)OC)[C@@H](OP(=O)(O)O[C@H](C)S)[C@H]1OC. The van der Waals surface area contributed by atoms with Gasteiger partial charge in [0.2, 0.25) is 0 Å². The van der Waals surface area contributed by atoms with Gasteiger partial charge < -0.3 is 19.0 Å². The van der Waals surface area contributed by atoms with Crippen LogP contribution in [-0.2, 0) is 27.4 Å². The molecule has 0 aromatic heterocycles. The van der Waals surface area contributed by atoms with Gasteiger partial charge in [-0.05, 0) is 25.1 Å².